The zero-order chi connectivity index (χ0) is 13.3. The lowest BCUT2D eigenvalue weighted by Gasteiger charge is -2.16. The molecule has 8 heteroatoms. The van der Waals surface area contributed by atoms with Crippen LogP contribution in [0.15, 0.2) is 12.4 Å². The number of nitrogens with zero attached hydrogens (tertiary/aromatic N) is 2. The predicted molar refractivity (Wildman–Crippen MR) is 55.2 cm³/mol. The molecule has 0 aromatic carbocycles. The Morgan fingerprint density at radius 3 is 2.59 bits per heavy atom. The standard InChI is InChI=1S/C9H13F3N4O/c1-8(2,13)7(17)15-6-3-14-16(4-6)5-9(10,11)12/h3-4H,5,13H2,1-2H3,(H,15,17). The molecular weight excluding hydrogens is 237 g/mol. The van der Waals surface area contributed by atoms with Crippen molar-refractivity contribution in [1.29, 1.82) is 0 Å². The van der Waals surface area contributed by atoms with E-state index in [0.29, 0.717) is 4.68 Å². The van der Waals surface area contributed by atoms with E-state index in [4.69, 9.17) is 5.73 Å². The highest BCUT2D eigenvalue weighted by atomic mass is 19.4. The Morgan fingerprint density at radius 2 is 2.12 bits per heavy atom. The molecule has 0 saturated heterocycles. The van der Waals surface area contributed by atoms with Crippen molar-refractivity contribution in [3.05, 3.63) is 12.4 Å². The molecule has 0 aliphatic heterocycles. The van der Waals surface area contributed by atoms with Crippen molar-refractivity contribution < 1.29 is 18.0 Å². The lowest BCUT2D eigenvalue weighted by Crippen LogP contribution is -2.45. The van der Waals surface area contributed by atoms with E-state index in [0.717, 1.165) is 12.4 Å². The summed E-state index contributed by atoms with van der Waals surface area (Å²) in [5.41, 5.74) is 4.59. The number of nitrogens with two attached hydrogens (primary N) is 1. The minimum absolute atomic E-state index is 0.178. The number of amides is 1. The van der Waals surface area contributed by atoms with E-state index >= 15 is 0 Å². The molecule has 1 aromatic rings. The molecule has 3 N–H and O–H groups in total. The van der Waals surface area contributed by atoms with E-state index in [1.807, 2.05) is 0 Å². The van der Waals surface area contributed by atoms with Crippen molar-refractivity contribution in [1.82, 2.24) is 9.78 Å². The first-order valence-electron chi connectivity index (χ1n) is 4.77. The Labute approximate surface area is 95.8 Å². The maximum absolute atomic E-state index is 12.0. The van der Waals surface area contributed by atoms with Crippen molar-refractivity contribution in [3.63, 3.8) is 0 Å². The highest BCUT2D eigenvalue weighted by Gasteiger charge is 2.28. The lowest BCUT2D eigenvalue weighted by molar-refractivity contribution is -0.142. The Bertz CT molecular complexity index is 405. The third-order valence-corrected chi connectivity index (χ3v) is 1.82. The molecule has 1 rings (SSSR count). The zero-order valence-corrected chi connectivity index (χ0v) is 9.38. The van der Waals surface area contributed by atoms with Gasteiger partial charge in [-0.3, -0.25) is 9.48 Å². The number of hydrogen-bond donors (Lipinski definition) is 2. The second-order valence-corrected chi connectivity index (χ2v) is 4.22. The van der Waals surface area contributed by atoms with Gasteiger partial charge in [0.25, 0.3) is 0 Å². The van der Waals surface area contributed by atoms with Crippen LogP contribution < -0.4 is 11.1 Å². The number of halogens is 3. The van der Waals surface area contributed by atoms with Crippen LogP contribution in [-0.2, 0) is 11.3 Å². The maximum atomic E-state index is 12.0. The topological polar surface area (TPSA) is 72.9 Å². The van der Waals surface area contributed by atoms with Crippen LogP contribution in [0.3, 0.4) is 0 Å². The molecule has 1 amide bonds. The van der Waals surface area contributed by atoms with Gasteiger partial charge < -0.3 is 11.1 Å². The molecule has 5 nitrogen and oxygen atoms in total. The molecule has 0 fully saturated rings. The summed E-state index contributed by atoms with van der Waals surface area (Å²) in [6.45, 7) is 1.78. The first kappa shape index (κ1) is 13.5. The number of carbonyl (C=O) groups excluding carboxylic acids is 1. The van der Waals surface area contributed by atoms with Crippen LogP contribution in [0.25, 0.3) is 0 Å². The monoisotopic (exact) mass is 250 g/mol. The fourth-order valence-corrected chi connectivity index (χ4v) is 0.990. The van der Waals surface area contributed by atoms with Gasteiger partial charge in [0.05, 0.1) is 17.4 Å². The van der Waals surface area contributed by atoms with Crippen molar-refractivity contribution in [2.24, 2.45) is 5.73 Å². The van der Waals surface area contributed by atoms with Crippen molar-refractivity contribution in [3.8, 4) is 0 Å². The van der Waals surface area contributed by atoms with Crippen LogP contribution in [-0.4, -0.2) is 27.4 Å². The number of nitrogens with one attached hydrogen (secondary N) is 1. The minimum Gasteiger partial charge on any atom is -0.322 e. The summed E-state index contributed by atoms with van der Waals surface area (Å²) in [7, 11) is 0. The normalized spacial score (nSPS) is 12.6. The van der Waals surface area contributed by atoms with E-state index < -0.39 is 24.2 Å². The Hall–Kier alpha value is -1.57. The number of rotatable bonds is 3. The molecule has 1 heterocycles. The van der Waals surface area contributed by atoms with Crippen molar-refractivity contribution >= 4 is 11.6 Å². The van der Waals surface area contributed by atoms with E-state index in [2.05, 4.69) is 10.4 Å². The second-order valence-electron chi connectivity index (χ2n) is 4.22. The van der Waals surface area contributed by atoms with Gasteiger partial charge in [-0.05, 0) is 13.8 Å². The molecule has 0 aliphatic rings. The molecule has 1 aromatic heterocycles. The highest BCUT2D eigenvalue weighted by Crippen LogP contribution is 2.18. The largest absolute Gasteiger partial charge is 0.408 e. The smallest absolute Gasteiger partial charge is 0.322 e. The third kappa shape index (κ3) is 4.43. The summed E-state index contributed by atoms with van der Waals surface area (Å²) in [6, 6.07) is 0. The molecule has 0 aliphatic carbocycles. The van der Waals surface area contributed by atoms with Crippen molar-refractivity contribution in [2.75, 3.05) is 5.32 Å². The van der Waals surface area contributed by atoms with Gasteiger partial charge in [0, 0.05) is 6.20 Å². The molecule has 17 heavy (non-hydrogen) atoms. The SMILES string of the molecule is CC(C)(N)C(=O)Nc1cnn(CC(F)(F)F)c1. The van der Waals surface area contributed by atoms with E-state index in [1.165, 1.54) is 13.8 Å². The number of anilines is 1. The minimum atomic E-state index is -4.35. The third-order valence-electron chi connectivity index (χ3n) is 1.82. The van der Waals surface area contributed by atoms with Crippen LogP contribution in [0.1, 0.15) is 13.8 Å². The molecular formula is C9H13F3N4O. The van der Waals surface area contributed by atoms with Crippen LogP contribution in [0.4, 0.5) is 18.9 Å². The van der Waals surface area contributed by atoms with Gasteiger partial charge in [-0.1, -0.05) is 0 Å². The summed E-state index contributed by atoms with van der Waals surface area (Å²) in [4.78, 5) is 11.4. The quantitative estimate of drug-likeness (QED) is 0.844. The Morgan fingerprint density at radius 1 is 1.53 bits per heavy atom. The van der Waals surface area contributed by atoms with Gasteiger partial charge in [0.1, 0.15) is 6.54 Å². The number of hydrogen-bond acceptors (Lipinski definition) is 3. The van der Waals surface area contributed by atoms with Gasteiger partial charge in [0.2, 0.25) is 5.91 Å². The molecule has 0 spiro atoms. The summed E-state index contributed by atoms with van der Waals surface area (Å²) in [6.07, 6.45) is -2.12. The molecule has 0 unspecified atom stereocenters. The zero-order valence-electron chi connectivity index (χ0n) is 9.38. The molecule has 0 atom stereocenters. The number of carbonyl (C=O) groups is 1. The first-order chi connectivity index (χ1) is 7.58. The molecule has 0 saturated carbocycles. The van der Waals surface area contributed by atoms with E-state index in [9.17, 15) is 18.0 Å². The molecule has 96 valence electrons. The summed E-state index contributed by atoms with van der Waals surface area (Å²) in [5, 5.41) is 5.85. The van der Waals surface area contributed by atoms with Crippen LogP contribution in [0.5, 0.6) is 0 Å². The van der Waals surface area contributed by atoms with Crippen molar-refractivity contribution in [2.45, 2.75) is 32.1 Å². The van der Waals surface area contributed by atoms with Crippen LogP contribution >= 0.6 is 0 Å². The lowest BCUT2D eigenvalue weighted by atomic mass is 10.1. The van der Waals surface area contributed by atoms with Crippen LogP contribution in [0, 0.1) is 0 Å². The van der Waals surface area contributed by atoms with Gasteiger partial charge in [-0.15, -0.1) is 0 Å². The second kappa shape index (κ2) is 4.36. The summed E-state index contributed by atoms with van der Waals surface area (Å²) in [5.74, 6) is -0.496. The van der Waals surface area contributed by atoms with Crippen LogP contribution in [0.2, 0.25) is 0 Å². The van der Waals surface area contributed by atoms with Gasteiger partial charge in [-0.2, -0.15) is 18.3 Å². The fourth-order valence-electron chi connectivity index (χ4n) is 0.990. The summed E-state index contributed by atoms with van der Waals surface area (Å²) >= 11 is 0. The highest BCUT2D eigenvalue weighted by molar-refractivity contribution is 5.97. The average Bonchev–Trinajstić information content (AvgIpc) is 2.47. The number of aromatic nitrogens is 2. The van der Waals surface area contributed by atoms with Gasteiger partial charge in [0.15, 0.2) is 0 Å². The van der Waals surface area contributed by atoms with Gasteiger partial charge in [-0.25, -0.2) is 0 Å². The fraction of sp³-hybridized carbons (Fsp3) is 0.556. The van der Waals surface area contributed by atoms with E-state index in [1.54, 1.807) is 0 Å². The predicted octanol–water partition coefficient (Wildman–Crippen LogP) is 1.12. The maximum Gasteiger partial charge on any atom is 0.408 e. The first-order valence-corrected chi connectivity index (χ1v) is 4.77. The molecule has 0 bridgehead atoms. The Kier molecular flexibility index (Phi) is 3.46. The molecule has 0 radical (unpaired) electrons. The average molecular weight is 250 g/mol. The van der Waals surface area contributed by atoms with Gasteiger partial charge >= 0.3 is 6.18 Å². The van der Waals surface area contributed by atoms with E-state index in [-0.39, 0.29) is 5.69 Å². The Balaban J connectivity index is 2.67. The number of alkyl halides is 3. The summed E-state index contributed by atoms with van der Waals surface area (Å²) < 4.78 is 36.8.